The highest BCUT2D eigenvalue weighted by Crippen LogP contribution is 2.22. The molecule has 1 aromatic carbocycles. The van der Waals surface area contributed by atoms with Gasteiger partial charge in [-0.25, -0.2) is 0 Å². The summed E-state index contributed by atoms with van der Waals surface area (Å²) in [6.45, 7) is 1.89. The summed E-state index contributed by atoms with van der Waals surface area (Å²) >= 11 is 8.39. The number of esters is 1. The van der Waals surface area contributed by atoms with Gasteiger partial charge in [0, 0.05) is 4.47 Å². The average Bonchev–Trinajstić information content (AvgIpc) is 2.33. The van der Waals surface area contributed by atoms with Gasteiger partial charge in [0.25, 0.3) is 0 Å². The van der Waals surface area contributed by atoms with Crippen molar-refractivity contribution in [3.8, 4) is 6.07 Å². The van der Waals surface area contributed by atoms with E-state index in [2.05, 4.69) is 21.2 Å². The van der Waals surface area contributed by atoms with Crippen molar-refractivity contribution in [2.24, 2.45) is 5.92 Å². The molecule has 18 heavy (non-hydrogen) atoms. The van der Waals surface area contributed by atoms with Gasteiger partial charge in [0.15, 0.2) is 5.92 Å². The minimum atomic E-state index is -1.09. The smallest absolute Gasteiger partial charge is 0.330 e. The number of carbonyl (C=O) groups excluding carboxylic acids is 1. The standard InChI is InChI=1S/C12H11BrN2O2S/c1-2-17-12(16)8(7-14)11(18)15-10-6-4-3-5-9(10)13/h3-6,8H,2H2,1H3,(H,15,18). The van der Waals surface area contributed by atoms with Gasteiger partial charge in [-0.05, 0) is 35.0 Å². The zero-order valence-electron chi connectivity index (χ0n) is 9.64. The second kappa shape index (κ2) is 7.09. The fraction of sp³-hybridized carbons (Fsp3) is 0.250. The normalized spacial score (nSPS) is 11.2. The monoisotopic (exact) mass is 326 g/mol. The minimum Gasteiger partial charge on any atom is -0.465 e. The zero-order valence-corrected chi connectivity index (χ0v) is 12.0. The van der Waals surface area contributed by atoms with Gasteiger partial charge >= 0.3 is 5.97 Å². The van der Waals surface area contributed by atoms with Crippen LogP contribution in [0.4, 0.5) is 5.69 Å². The van der Waals surface area contributed by atoms with E-state index in [0.717, 1.165) is 4.47 Å². The molecule has 0 aliphatic carbocycles. The summed E-state index contributed by atoms with van der Waals surface area (Å²) in [5.41, 5.74) is 0.701. The van der Waals surface area contributed by atoms with Crippen LogP contribution < -0.4 is 5.32 Å². The van der Waals surface area contributed by atoms with E-state index in [9.17, 15) is 4.79 Å². The van der Waals surface area contributed by atoms with Crippen LogP contribution in [-0.4, -0.2) is 17.6 Å². The number of halogens is 1. The summed E-state index contributed by atoms with van der Waals surface area (Å²) < 4.78 is 5.58. The van der Waals surface area contributed by atoms with E-state index in [-0.39, 0.29) is 11.6 Å². The molecule has 94 valence electrons. The number of thiocarbonyl (C=S) groups is 1. The van der Waals surface area contributed by atoms with Crippen molar-refractivity contribution in [3.05, 3.63) is 28.7 Å². The molecule has 1 N–H and O–H groups in total. The van der Waals surface area contributed by atoms with E-state index in [0.29, 0.717) is 5.69 Å². The molecule has 0 spiro atoms. The average molecular weight is 327 g/mol. The number of rotatable bonds is 4. The van der Waals surface area contributed by atoms with Crippen LogP contribution in [-0.2, 0) is 9.53 Å². The first-order valence-corrected chi connectivity index (χ1v) is 6.42. The van der Waals surface area contributed by atoms with Crippen LogP contribution in [0, 0.1) is 17.2 Å². The minimum absolute atomic E-state index is 0.128. The number of para-hydroxylation sites is 1. The number of anilines is 1. The quantitative estimate of drug-likeness (QED) is 0.681. The lowest BCUT2D eigenvalue weighted by Gasteiger charge is -2.13. The third-order valence-corrected chi connectivity index (χ3v) is 3.07. The molecule has 0 aliphatic heterocycles. The van der Waals surface area contributed by atoms with E-state index in [4.69, 9.17) is 22.2 Å². The van der Waals surface area contributed by atoms with E-state index in [1.807, 2.05) is 24.3 Å². The molecule has 1 rings (SSSR count). The van der Waals surface area contributed by atoms with Crippen molar-refractivity contribution in [2.75, 3.05) is 11.9 Å². The fourth-order valence-corrected chi connectivity index (χ4v) is 1.85. The first-order valence-electron chi connectivity index (χ1n) is 5.21. The summed E-state index contributed by atoms with van der Waals surface area (Å²) in [6.07, 6.45) is 0. The predicted molar refractivity (Wildman–Crippen MR) is 76.1 cm³/mol. The van der Waals surface area contributed by atoms with Crippen LogP contribution in [0.15, 0.2) is 28.7 Å². The SMILES string of the molecule is CCOC(=O)C(C#N)C(=S)Nc1ccccc1Br. The molecular formula is C12H11BrN2O2S. The molecule has 6 heteroatoms. The Morgan fingerprint density at radius 1 is 1.61 bits per heavy atom. The maximum absolute atomic E-state index is 11.5. The molecule has 1 atom stereocenters. The van der Waals surface area contributed by atoms with E-state index < -0.39 is 11.9 Å². The van der Waals surface area contributed by atoms with Crippen LogP contribution in [0.1, 0.15) is 6.92 Å². The topological polar surface area (TPSA) is 62.1 Å². The summed E-state index contributed by atoms with van der Waals surface area (Å²) in [7, 11) is 0. The van der Waals surface area contributed by atoms with Crippen LogP contribution in [0.5, 0.6) is 0 Å². The Labute approximate surface area is 119 Å². The molecule has 0 aromatic heterocycles. The Morgan fingerprint density at radius 3 is 2.83 bits per heavy atom. The second-order valence-electron chi connectivity index (χ2n) is 3.28. The fourth-order valence-electron chi connectivity index (χ4n) is 1.21. The predicted octanol–water partition coefficient (Wildman–Crippen LogP) is 2.89. The summed E-state index contributed by atoms with van der Waals surface area (Å²) in [5, 5.41) is 11.8. The van der Waals surface area contributed by atoms with Crippen molar-refractivity contribution in [1.29, 1.82) is 5.26 Å². The molecule has 1 unspecified atom stereocenters. The van der Waals surface area contributed by atoms with Gasteiger partial charge in [0.05, 0.1) is 18.4 Å². The first kappa shape index (κ1) is 14.6. The molecule has 0 aliphatic rings. The van der Waals surface area contributed by atoms with Crippen molar-refractivity contribution < 1.29 is 9.53 Å². The van der Waals surface area contributed by atoms with Crippen LogP contribution in [0.2, 0.25) is 0 Å². The lowest BCUT2D eigenvalue weighted by molar-refractivity contribution is -0.143. The zero-order chi connectivity index (χ0) is 13.5. The molecule has 0 bridgehead atoms. The maximum Gasteiger partial charge on any atom is 0.330 e. The number of nitrogens with zero attached hydrogens (tertiary/aromatic N) is 1. The molecule has 0 fully saturated rings. The molecular weight excluding hydrogens is 316 g/mol. The molecule has 0 heterocycles. The molecule has 4 nitrogen and oxygen atoms in total. The van der Waals surface area contributed by atoms with Gasteiger partial charge < -0.3 is 10.1 Å². The first-order chi connectivity index (χ1) is 8.60. The number of hydrogen-bond acceptors (Lipinski definition) is 4. The molecule has 0 radical (unpaired) electrons. The Hall–Kier alpha value is -1.45. The van der Waals surface area contributed by atoms with Crippen LogP contribution in [0.25, 0.3) is 0 Å². The molecule has 0 saturated carbocycles. The number of hydrogen-bond donors (Lipinski definition) is 1. The molecule has 0 saturated heterocycles. The third-order valence-electron chi connectivity index (χ3n) is 2.05. The van der Waals surface area contributed by atoms with Crippen molar-refractivity contribution >= 4 is 44.8 Å². The third kappa shape index (κ3) is 3.79. The molecule has 0 amide bonds. The summed E-state index contributed by atoms with van der Waals surface area (Å²) in [5.74, 6) is -1.73. The van der Waals surface area contributed by atoms with Crippen LogP contribution >= 0.6 is 28.1 Å². The second-order valence-corrected chi connectivity index (χ2v) is 4.58. The molecule has 1 aromatic rings. The number of ether oxygens (including phenoxy) is 1. The largest absolute Gasteiger partial charge is 0.465 e. The van der Waals surface area contributed by atoms with Gasteiger partial charge in [-0.2, -0.15) is 5.26 Å². The summed E-state index contributed by atoms with van der Waals surface area (Å²) in [4.78, 5) is 11.6. The van der Waals surface area contributed by atoms with Gasteiger partial charge in [-0.1, -0.05) is 24.4 Å². The Bertz CT molecular complexity index is 499. The van der Waals surface area contributed by atoms with Crippen molar-refractivity contribution in [3.63, 3.8) is 0 Å². The van der Waals surface area contributed by atoms with Crippen LogP contribution in [0.3, 0.4) is 0 Å². The maximum atomic E-state index is 11.5. The van der Waals surface area contributed by atoms with Gasteiger partial charge in [0.1, 0.15) is 4.99 Å². The van der Waals surface area contributed by atoms with E-state index in [1.165, 1.54) is 0 Å². The Kier molecular flexibility index (Phi) is 5.75. The van der Waals surface area contributed by atoms with Gasteiger partial charge in [0.2, 0.25) is 0 Å². The van der Waals surface area contributed by atoms with Gasteiger partial charge in [-0.3, -0.25) is 4.79 Å². The summed E-state index contributed by atoms with van der Waals surface area (Å²) in [6, 6.07) is 9.12. The van der Waals surface area contributed by atoms with E-state index in [1.54, 1.807) is 13.0 Å². The van der Waals surface area contributed by atoms with Crippen molar-refractivity contribution in [1.82, 2.24) is 0 Å². The highest BCUT2D eigenvalue weighted by Gasteiger charge is 2.24. The number of benzene rings is 1. The van der Waals surface area contributed by atoms with Crippen molar-refractivity contribution in [2.45, 2.75) is 6.92 Å². The lowest BCUT2D eigenvalue weighted by Crippen LogP contribution is -2.28. The van der Waals surface area contributed by atoms with E-state index >= 15 is 0 Å². The number of carbonyl (C=O) groups is 1. The number of nitriles is 1. The lowest BCUT2D eigenvalue weighted by atomic mass is 10.1. The Balaban J connectivity index is 2.79. The highest BCUT2D eigenvalue weighted by molar-refractivity contribution is 9.10. The highest BCUT2D eigenvalue weighted by atomic mass is 79.9. The Morgan fingerprint density at radius 2 is 2.28 bits per heavy atom. The number of nitrogens with one attached hydrogen (secondary N) is 1. The van der Waals surface area contributed by atoms with Gasteiger partial charge in [-0.15, -0.1) is 0 Å².